The molecule has 0 radical (unpaired) electrons. The lowest BCUT2D eigenvalue weighted by atomic mass is 10.2. The van der Waals surface area contributed by atoms with Crippen LogP contribution in [0.2, 0.25) is 0 Å². The van der Waals surface area contributed by atoms with Crippen LogP contribution < -0.4 is 5.32 Å². The van der Waals surface area contributed by atoms with E-state index in [2.05, 4.69) is 5.32 Å². The number of carboxylic acid groups (broad SMARTS) is 1. The SMILES string of the molecule is CSCCC(NC(=O)C(CSC(=O)c1ccccc1)SC(=O)c1ccccc1)C(=O)O. The van der Waals surface area contributed by atoms with E-state index in [1.54, 1.807) is 60.7 Å². The first-order valence-electron chi connectivity index (χ1n) is 9.42. The fraction of sp³-hybridized carbons (Fsp3) is 0.273. The van der Waals surface area contributed by atoms with Crippen LogP contribution in [-0.2, 0) is 9.59 Å². The first kappa shape index (κ1) is 25.0. The zero-order valence-corrected chi connectivity index (χ0v) is 19.3. The Hall–Kier alpha value is -2.23. The maximum Gasteiger partial charge on any atom is 0.326 e. The summed E-state index contributed by atoms with van der Waals surface area (Å²) < 4.78 is 0. The second-order valence-corrected chi connectivity index (χ2v) is 9.56. The minimum atomic E-state index is -1.13. The summed E-state index contributed by atoms with van der Waals surface area (Å²) in [5.41, 5.74) is 0.927. The molecule has 2 aromatic rings. The molecule has 164 valence electrons. The van der Waals surface area contributed by atoms with Gasteiger partial charge in [-0.3, -0.25) is 14.4 Å². The molecule has 2 N–H and O–H groups in total. The van der Waals surface area contributed by atoms with E-state index in [4.69, 9.17) is 0 Å². The Balaban J connectivity index is 2.11. The monoisotopic (exact) mass is 477 g/mol. The summed E-state index contributed by atoms with van der Waals surface area (Å²) in [6.07, 6.45) is 2.12. The van der Waals surface area contributed by atoms with Crippen molar-refractivity contribution in [1.82, 2.24) is 5.32 Å². The number of carboxylic acids is 1. The summed E-state index contributed by atoms with van der Waals surface area (Å²) in [6, 6.07) is 16.1. The molecule has 0 aliphatic carbocycles. The number of nitrogens with one attached hydrogen (secondary N) is 1. The average molecular weight is 478 g/mol. The van der Waals surface area contributed by atoms with Gasteiger partial charge in [-0.05, 0) is 18.4 Å². The van der Waals surface area contributed by atoms with E-state index in [1.165, 1.54) is 11.8 Å². The first-order valence-corrected chi connectivity index (χ1v) is 12.7. The fourth-order valence-corrected chi connectivity index (χ4v) is 4.91. The van der Waals surface area contributed by atoms with Gasteiger partial charge < -0.3 is 10.4 Å². The highest BCUT2D eigenvalue weighted by Crippen LogP contribution is 2.24. The van der Waals surface area contributed by atoms with Gasteiger partial charge in [-0.15, -0.1) is 0 Å². The van der Waals surface area contributed by atoms with Crippen molar-refractivity contribution >= 4 is 57.4 Å². The average Bonchev–Trinajstić information content (AvgIpc) is 2.79. The lowest BCUT2D eigenvalue weighted by Crippen LogP contribution is -2.46. The minimum Gasteiger partial charge on any atom is -0.480 e. The lowest BCUT2D eigenvalue weighted by Gasteiger charge is -2.19. The molecule has 2 aromatic carbocycles. The number of thioether (sulfide) groups is 3. The highest BCUT2D eigenvalue weighted by molar-refractivity contribution is 8.18. The van der Waals surface area contributed by atoms with Crippen molar-refractivity contribution in [3.63, 3.8) is 0 Å². The number of benzene rings is 2. The number of carbonyl (C=O) groups excluding carboxylic acids is 3. The van der Waals surface area contributed by atoms with Gasteiger partial charge in [-0.2, -0.15) is 11.8 Å². The van der Waals surface area contributed by atoms with Crippen LogP contribution in [0.25, 0.3) is 0 Å². The minimum absolute atomic E-state index is 0.0394. The van der Waals surface area contributed by atoms with Gasteiger partial charge in [0.2, 0.25) is 16.1 Å². The van der Waals surface area contributed by atoms with Crippen LogP contribution in [0.1, 0.15) is 27.1 Å². The topological polar surface area (TPSA) is 101 Å². The Labute approximate surface area is 193 Å². The lowest BCUT2D eigenvalue weighted by molar-refractivity contribution is -0.141. The van der Waals surface area contributed by atoms with E-state index < -0.39 is 23.2 Å². The number of rotatable bonds is 11. The predicted molar refractivity (Wildman–Crippen MR) is 128 cm³/mol. The molecule has 31 heavy (non-hydrogen) atoms. The molecule has 0 aromatic heterocycles. The summed E-state index contributed by atoms with van der Waals surface area (Å²) in [6.45, 7) is 0. The van der Waals surface area contributed by atoms with Crippen LogP contribution in [-0.4, -0.2) is 56.3 Å². The summed E-state index contributed by atoms with van der Waals surface area (Å²) >= 11 is 3.21. The van der Waals surface area contributed by atoms with E-state index in [1.807, 2.05) is 6.26 Å². The molecule has 0 fully saturated rings. The maximum atomic E-state index is 12.9. The molecule has 0 heterocycles. The zero-order valence-electron chi connectivity index (χ0n) is 16.9. The largest absolute Gasteiger partial charge is 0.480 e. The van der Waals surface area contributed by atoms with Gasteiger partial charge in [0.25, 0.3) is 0 Å². The fourth-order valence-electron chi connectivity index (χ4n) is 2.50. The van der Waals surface area contributed by atoms with Gasteiger partial charge >= 0.3 is 5.97 Å². The number of hydrogen-bond acceptors (Lipinski definition) is 7. The molecule has 2 atom stereocenters. The molecular weight excluding hydrogens is 454 g/mol. The molecule has 0 saturated heterocycles. The number of aliphatic carboxylic acids is 1. The van der Waals surface area contributed by atoms with Crippen LogP contribution in [0, 0.1) is 0 Å². The summed E-state index contributed by atoms with van der Waals surface area (Å²) in [5, 5.41) is 10.5. The Morgan fingerprint density at radius 2 is 1.45 bits per heavy atom. The molecule has 2 rings (SSSR count). The Kier molecular flexibility index (Phi) is 10.7. The third-order valence-electron chi connectivity index (χ3n) is 4.15. The van der Waals surface area contributed by atoms with Crippen molar-refractivity contribution in [3.05, 3.63) is 71.8 Å². The number of amides is 1. The molecule has 1 amide bonds. The standard InChI is InChI=1S/C22H23NO5S3/c1-29-13-12-17(20(25)26)23-19(24)18(31-22(28)16-10-6-3-7-11-16)14-30-21(27)15-8-4-2-5-9-15/h2-11,17-18H,12-14H2,1H3,(H,23,24)(H,25,26). The van der Waals surface area contributed by atoms with Crippen molar-refractivity contribution < 1.29 is 24.3 Å². The molecule has 9 heteroatoms. The summed E-state index contributed by atoms with van der Waals surface area (Å²) in [4.78, 5) is 49.4. The quantitative estimate of drug-likeness (QED) is 0.504. The second-order valence-electron chi connectivity index (χ2n) is 6.41. The summed E-state index contributed by atoms with van der Waals surface area (Å²) in [5.74, 6) is -1.10. The van der Waals surface area contributed by atoms with Gasteiger partial charge in [0.05, 0.1) is 0 Å². The molecule has 0 bridgehead atoms. The van der Waals surface area contributed by atoms with Crippen molar-refractivity contribution in [2.24, 2.45) is 0 Å². The smallest absolute Gasteiger partial charge is 0.326 e. The molecule has 6 nitrogen and oxygen atoms in total. The van der Waals surface area contributed by atoms with Crippen molar-refractivity contribution in [2.75, 3.05) is 17.8 Å². The van der Waals surface area contributed by atoms with Gasteiger partial charge in [0.1, 0.15) is 11.3 Å². The third-order valence-corrected chi connectivity index (χ3v) is 7.12. The van der Waals surface area contributed by atoms with Crippen molar-refractivity contribution in [3.8, 4) is 0 Å². The van der Waals surface area contributed by atoms with Crippen LogP contribution in [0.15, 0.2) is 60.7 Å². The second kappa shape index (κ2) is 13.2. The van der Waals surface area contributed by atoms with Crippen molar-refractivity contribution in [2.45, 2.75) is 17.7 Å². The van der Waals surface area contributed by atoms with Crippen LogP contribution in [0.3, 0.4) is 0 Å². The van der Waals surface area contributed by atoms with Crippen LogP contribution in [0.5, 0.6) is 0 Å². The molecule has 0 saturated carbocycles. The number of hydrogen-bond donors (Lipinski definition) is 2. The molecule has 0 aliphatic rings. The predicted octanol–water partition coefficient (Wildman–Crippen LogP) is 3.82. The molecule has 0 aliphatic heterocycles. The Morgan fingerprint density at radius 3 is 1.97 bits per heavy atom. The van der Waals surface area contributed by atoms with Gasteiger partial charge in [0.15, 0.2) is 0 Å². The van der Waals surface area contributed by atoms with Gasteiger partial charge in [-0.25, -0.2) is 4.79 Å². The van der Waals surface area contributed by atoms with Crippen LogP contribution in [0.4, 0.5) is 0 Å². The van der Waals surface area contributed by atoms with Gasteiger partial charge in [-0.1, -0.05) is 84.2 Å². The first-order chi connectivity index (χ1) is 14.9. The number of carbonyl (C=O) groups is 4. The van der Waals surface area contributed by atoms with E-state index in [9.17, 15) is 24.3 Å². The molecule has 0 spiro atoms. The Morgan fingerprint density at radius 1 is 0.903 bits per heavy atom. The molecular formula is C22H23NO5S3. The Bertz CT molecular complexity index is 893. The van der Waals surface area contributed by atoms with E-state index >= 15 is 0 Å². The van der Waals surface area contributed by atoms with Gasteiger partial charge in [0, 0.05) is 16.9 Å². The molecule has 2 unspecified atom stereocenters. The highest BCUT2D eigenvalue weighted by atomic mass is 32.2. The van der Waals surface area contributed by atoms with E-state index in [-0.39, 0.29) is 22.4 Å². The highest BCUT2D eigenvalue weighted by Gasteiger charge is 2.28. The van der Waals surface area contributed by atoms with Crippen LogP contribution >= 0.6 is 35.3 Å². The van der Waals surface area contributed by atoms with E-state index in [0.717, 1.165) is 23.5 Å². The summed E-state index contributed by atoms with van der Waals surface area (Å²) in [7, 11) is 0. The maximum absolute atomic E-state index is 12.9. The van der Waals surface area contributed by atoms with Crippen molar-refractivity contribution in [1.29, 1.82) is 0 Å². The van der Waals surface area contributed by atoms with E-state index in [0.29, 0.717) is 16.9 Å². The normalized spacial score (nSPS) is 12.5. The third kappa shape index (κ3) is 8.43. The zero-order chi connectivity index (χ0) is 22.6.